The largest absolute Gasteiger partial charge is 0.455 e. The smallest absolute Gasteiger partial charge is 0.376 e. The highest BCUT2D eigenvalue weighted by Gasteiger charge is 2.38. The quantitative estimate of drug-likeness (QED) is 0.229. The molecule has 0 aliphatic heterocycles. The molecule has 0 aromatic heterocycles. The number of carbonyl (C=O) groups is 5. The van der Waals surface area contributed by atoms with E-state index < -0.39 is 11.8 Å². The molecule has 0 N–H and O–H groups in total. The van der Waals surface area contributed by atoms with Crippen LogP contribution in [0.3, 0.4) is 0 Å². The molecule has 2 atom stereocenters. The number of benzene rings is 1. The maximum atomic E-state index is 13.0. The zero-order valence-electron chi connectivity index (χ0n) is 24.5. The summed E-state index contributed by atoms with van der Waals surface area (Å²) in [5.41, 5.74) is 0.776. The standard InChI is InChI=1S/C31H46N2O6/c1-21(2)27(34)16-32(17-28(35)22(3)4)25-14-10-11-15-26(25)33(18-29(36)23(5)6)19-30(37)31(38)39-20-24-12-8-7-9-13-24/h7-9,12-13,21-23,25-26H,10-11,14-20H2,1-6H3. The molecule has 39 heavy (non-hydrogen) atoms. The second-order valence-electron chi connectivity index (χ2n) is 11.6. The molecule has 1 aliphatic rings. The van der Waals surface area contributed by atoms with E-state index in [9.17, 15) is 24.0 Å². The second kappa shape index (κ2) is 15.8. The summed E-state index contributed by atoms with van der Waals surface area (Å²) in [6.45, 7) is 11.0. The van der Waals surface area contributed by atoms with Crippen molar-refractivity contribution in [2.24, 2.45) is 17.8 Å². The molecule has 0 bridgehead atoms. The number of hydrogen-bond acceptors (Lipinski definition) is 8. The molecule has 0 radical (unpaired) electrons. The molecule has 2 unspecified atom stereocenters. The van der Waals surface area contributed by atoms with Crippen molar-refractivity contribution in [2.45, 2.75) is 85.9 Å². The Morgan fingerprint density at radius 2 is 1.10 bits per heavy atom. The first-order chi connectivity index (χ1) is 18.4. The van der Waals surface area contributed by atoms with Gasteiger partial charge in [-0.05, 0) is 18.4 Å². The second-order valence-corrected chi connectivity index (χ2v) is 11.6. The Bertz CT molecular complexity index is 966. The zero-order valence-corrected chi connectivity index (χ0v) is 24.5. The lowest BCUT2D eigenvalue weighted by atomic mass is 9.86. The summed E-state index contributed by atoms with van der Waals surface area (Å²) >= 11 is 0. The first-order valence-electron chi connectivity index (χ1n) is 14.2. The van der Waals surface area contributed by atoms with Gasteiger partial charge >= 0.3 is 5.97 Å². The molecule has 1 aromatic carbocycles. The van der Waals surface area contributed by atoms with E-state index in [2.05, 4.69) is 0 Å². The van der Waals surface area contributed by atoms with Crippen molar-refractivity contribution >= 4 is 29.1 Å². The molecule has 1 fully saturated rings. The number of Topliss-reactive ketones (excluding diaryl/α,β-unsaturated/α-hetero) is 4. The third-order valence-electron chi connectivity index (χ3n) is 7.43. The fourth-order valence-electron chi connectivity index (χ4n) is 4.73. The third-order valence-corrected chi connectivity index (χ3v) is 7.43. The van der Waals surface area contributed by atoms with Crippen LogP contribution >= 0.6 is 0 Å². The van der Waals surface area contributed by atoms with Crippen molar-refractivity contribution in [2.75, 3.05) is 26.2 Å². The highest BCUT2D eigenvalue weighted by molar-refractivity contribution is 6.34. The molecular formula is C31H46N2O6. The van der Waals surface area contributed by atoms with Crippen LogP contribution in [0.2, 0.25) is 0 Å². The van der Waals surface area contributed by atoms with Crippen molar-refractivity contribution < 1.29 is 28.7 Å². The summed E-state index contributed by atoms with van der Waals surface area (Å²) < 4.78 is 5.26. The van der Waals surface area contributed by atoms with Gasteiger partial charge in [-0.1, -0.05) is 84.7 Å². The van der Waals surface area contributed by atoms with Gasteiger partial charge in [-0.15, -0.1) is 0 Å². The van der Waals surface area contributed by atoms with Crippen LogP contribution in [-0.4, -0.2) is 77.2 Å². The van der Waals surface area contributed by atoms with E-state index in [1.807, 2.05) is 76.8 Å². The number of ether oxygens (including phenoxy) is 1. The van der Waals surface area contributed by atoms with Crippen LogP contribution in [0.25, 0.3) is 0 Å². The van der Waals surface area contributed by atoms with E-state index >= 15 is 0 Å². The average Bonchev–Trinajstić information content (AvgIpc) is 2.91. The van der Waals surface area contributed by atoms with Crippen molar-refractivity contribution in [3.63, 3.8) is 0 Å². The van der Waals surface area contributed by atoms with Gasteiger partial charge in [-0.3, -0.25) is 29.0 Å². The highest BCUT2D eigenvalue weighted by atomic mass is 16.5. The minimum absolute atomic E-state index is 0.00913. The molecule has 2 rings (SSSR count). The maximum Gasteiger partial charge on any atom is 0.376 e. The molecule has 0 saturated heterocycles. The van der Waals surface area contributed by atoms with Gasteiger partial charge in [-0.2, -0.15) is 0 Å². The molecule has 216 valence electrons. The predicted molar refractivity (Wildman–Crippen MR) is 150 cm³/mol. The van der Waals surface area contributed by atoms with Crippen LogP contribution in [0.15, 0.2) is 30.3 Å². The van der Waals surface area contributed by atoms with Gasteiger partial charge in [0.1, 0.15) is 24.0 Å². The Labute approximate surface area is 233 Å². The molecule has 0 spiro atoms. The summed E-state index contributed by atoms with van der Waals surface area (Å²) in [6, 6.07) is 8.67. The predicted octanol–water partition coefficient (Wildman–Crippen LogP) is 3.89. The van der Waals surface area contributed by atoms with Crippen molar-refractivity contribution in [1.82, 2.24) is 9.80 Å². The molecule has 1 aromatic rings. The minimum atomic E-state index is -0.935. The number of carbonyl (C=O) groups excluding carboxylic acids is 5. The van der Waals surface area contributed by atoms with E-state index in [1.54, 1.807) is 4.90 Å². The molecule has 8 heteroatoms. The van der Waals surface area contributed by atoms with Crippen LogP contribution in [0, 0.1) is 17.8 Å². The Morgan fingerprint density at radius 1 is 0.692 bits per heavy atom. The SMILES string of the molecule is CC(C)C(=O)CN(CC(=O)C(=O)OCc1ccccc1)C1CCCCC1N(CC(=O)C(C)C)CC(=O)C(C)C. The molecular weight excluding hydrogens is 496 g/mol. The number of rotatable bonds is 16. The number of ketones is 4. The monoisotopic (exact) mass is 542 g/mol. The van der Waals surface area contributed by atoms with Gasteiger partial charge in [0.2, 0.25) is 0 Å². The summed E-state index contributed by atoms with van der Waals surface area (Å²) in [4.78, 5) is 67.9. The van der Waals surface area contributed by atoms with Gasteiger partial charge in [0, 0.05) is 29.8 Å². The van der Waals surface area contributed by atoms with Gasteiger partial charge in [0.15, 0.2) is 0 Å². The lowest BCUT2D eigenvalue weighted by molar-refractivity contribution is -0.156. The normalized spacial score (nSPS) is 17.7. The lowest BCUT2D eigenvalue weighted by Gasteiger charge is -2.44. The van der Waals surface area contributed by atoms with Crippen LogP contribution < -0.4 is 0 Å². The molecule has 0 heterocycles. The van der Waals surface area contributed by atoms with Gasteiger partial charge in [0.05, 0.1) is 26.2 Å². The summed E-state index contributed by atoms with van der Waals surface area (Å²) in [5, 5.41) is 0. The maximum absolute atomic E-state index is 13.0. The van der Waals surface area contributed by atoms with Crippen molar-refractivity contribution in [3.8, 4) is 0 Å². The molecule has 8 nitrogen and oxygen atoms in total. The summed E-state index contributed by atoms with van der Waals surface area (Å²) in [7, 11) is 0. The van der Waals surface area contributed by atoms with Gasteiger partial charge < -0.3 is 4.74 Å². The van der Waals surface area contributed by atoms with E-state index in [0.29, 0.717) is 6.42 Å². The van der Waals surface area contributed by atoms with E-state index in [4.69, 9.17) is 4.74 Å². The van der Waals surface area contributed by atoms with Crippen molar-refractivity contribution in [3.05, 3.63) is 35.9 Å². The lowest BCUT2D eigenvalue weighted by Crippen LogP contribution is -2.58. The summed E-state index contributed by atoms with van der Waals surface area (Å²) in [6.07, 6.45) is 3.25. The fourth-order valence-corrected chi connectivity index (χ4v) is 4.73. The summed E-state index contributed by atoms with van der Waals surface area (Å²) in [5.74, 6) is -2.19. The van der Waals surface area contributed by atoms with Gasteiger partial charge in [-0.25, -0.2) is 4.79 Å². The van der Waals surface area contributed by atoms with Crippen molar-refractivity contribution in [1.29, 1.82) is 0 Å². The van der Waals surface area contributed by atoms with E-state index in [-0.39, 0.29) is 80.0 Å². The first-order valence-corrected chi connectivity index (χ1v) is 14.2. The zero-order chi connectivity index (χ0) is 29.1. The Morgan fingerprint density at radius 3 is 1.51 bits per heavy atom. The topological polar surface area (TPSA) is 101 Å². The number of hydrogen-bond donors (Lipinski definition) is 0. The van der Waals surface area contributed by atoms with Crippen LogP contribution in [0.5, 0.6) is 0 Å². The Kier molecular flexibility index (Phi) is 13.1. The Balaban J connectivity index is 2.29. The average molecular weight is 543 g/mol. The van der Waals surface area contributed by atoms with Crippen LogP contribution in [0.1, 0.15) is 72.8 Å². The highest BCUT2D eigenvalue weighted by Crippen LogP contribution is 2.28. The molecule has 1 saturated carbocycles. The third kappa shape index (κ3) is 10.4. The minimum Gasteiger partial charge on any atom is -0.455 e. The van der Waals surface area contributed by atoms with Gasteiger partial charge in [0.25, 0.3) is 5.78 Å². The number of nitrogens with zero attached hydrogens (tertiary/aromatic N) is 2. The first kappa shape index (κ1) is 32.5. The number of esters is 1. The fraction of sp³-hybridized carbons (Fsp3) is 0.645. The van der Waals surface area contributed by atoms with Crippen LogP contribution in [0.4, 0.5) is 0 Å². The van der Waals surface area contributed by atoms with Crippen LogP contribution in [-0.2, 0) is 35.3 Å². The van der Waals surface area contributed by atoms with E-state index in [1.165, 1.54) is 0 Å². The Hall–Kier alpha value is -2.71. The molecule has 1 aliphatic carbocycles. The van der Waals surface area contributed by atoms with E-state index in [0.717, 1.165) is 24.8 Å². The molecule has 0 amide bonds.